The Labute approximate surface area is 204 Å². The van der Waals surface area contributed by atoms with Gasteiger partial charge in [0.25, 0.3) is 0 Å². The fourth-order valence-electron chi connectivity index (χ4n) is 8.51. The predicted octanol–water partition coefficient (Wildman–Crippen LogP) is 7.69. The van der Waals surface area contributed by atoms with Crippen molar-refractivity contribution in [2.24, 2.45) is 57.1 Å². The van der Waals surface area contributed by atoms with Gasteiger partial charge < -0.3 is 5.73 Å². The Balaban J connectivity index is 0.00000149. The van der Waals surface area contributed by atoms with E-state index in [1.807, 2.05) is 19.4 Å². The molecule has 8 unspecified atom stereocenters. The second-order valence-electron chi connectivity index (χ2n) is 11.9. The molecule has 0 aromatic rings. The van der Waals surface area contributed by atoms with Crippen LogP contribution in [0.4, 0.5) is 0 Å². The van der Waals surface area contributed by atoms with Gasteiger partial charge in [0.2, 0.25) is 0 Å². The van der Waals surface area contributed by atoms with E-state index >= 15 is 0 Å². The van der Waals surface area contributed by atoms with Crippen LogP contribution >= 0.6 is 0 Å². The van der Waals surface area contributed by atoms with E-state index in [0.29, 0.717) is 22.3 Å². The van der Waals surface area contributed by atoms with Crippen molar-refractivity contribution < 1.29 is 0 Å². The monoisotopic (exact) mass is 451 g/mol. The molecular weight excluding hydrogens is 402 g/mol. The summed E-state index contributed by atoms with van der Waals surface area (Å²) in [5, 5.41) is 9.05. The minimum Gasteiger partial charge on any atom is -0.403 e. The highest BCUT2D eigenvalue weighted by atomic mass is 14.7. The van der Waals surface area contributed by atoms with Crippen LogP contribution in [-0.4, -0.2) is 12.8 Å². The first-order valence-corrected chi connectivity index (χ1v) is 13.8. The van der Waals surface area contributed by atoms with Crippen LogP contribution in [0.15, 0.2) is 28.4 Å². The molecule has 0 bridgehead atoms. The lowest BCUT2D eigenvalue weighted by Crippen LogP contribution is -2.49. The summed E-state index contributed by atoms with van der Waals surface area (Å²) in [5.41, 5.74) is 8.68. The summed E-state index contributed by atoms with van der Waals surface area (Å²) in [6.45, 7) is 14.9. The smallest absolute Gasteiger partial charge is 0.102 e. The molecule has 4 aliphatic carbocycles. The van der Waals surface area contributed by atoms with E-state index in [0.717, 1.165) is 36.1 Å². The number of nitrogens with zero attached hydrogens (tertiary/aromatic N) is 2. The molecule has 3 saturated carbocycles. The van der Waals surface area contributed by atoms with Gasteiger partial charge in [-0.05, 0) is 104 Å². The van der Waals surface area contributed by atoms with Gasteiger partial charge in [0.15, 0.2) is 0 Å². The molecule has 0 aliphatic heterocycles. The van der Waals surface area contributed by atoms with E-state index in [1.165, 1.54) is 64.0 Å². The highest BCUT2D eigenvalue weighted by Crippen LogP contribution is 2.67. The van der Waals surface area contributed by atoms with Crippen LogP contribution in [0.1, 0.15) is 99.3 Å². The quantitative estimate of drug-likeness (QED) is 0.270. The number of aliphatic imine (C=N–C) groups is 1. The standard InChI is InChI=1S/C28H43N3.C2H6/c1-19-5-6-22-7-8-23-25-10-9-24(20(2)17-31-18-21(15-29)16-30)28(25,4)14-12-26(23)27(22,3)13-11-19;1-2/h7,15,18-20,23-26H,5-6,8-14,17,29H2,1-4H3;1-2H3/b21-15-,31-18?;. The molecule has 3 fully saturated rings. The molecule has 0 aromatic carbocycles. The van der Waals surface area contributed by atoms with Crippen molar-refractivity contribution in [2.45, 2.75) is 99.3 Å². The molecule has 3 heteroatoms. The van der Waals surface area contributed by atoms with E-state index in [2.05, 4.69) is 44.8 Å². The molecule has 0 spiro atoms. The SMILES string of the molecule is CC.CC1CCC2=CCC3C(CCC4(C)C(C(C)CN=C/C(C#N)=C\N)CCC34)C2(C)CC1. The topological polar surface area (TPSA) is 62.2 Å². The van der Waals surface area contributed by atoms with Gasteiger partial charge in [-0.15, -0.1) is 0 Å². The maximum absolute atomic E-state index is 9.05. The number of nitriles is 1. The largest absolute Gasteiger partial charge is 0.403 e. The number of rotatable bonds is 4. The zero-order valence-electron chi connectivity index (χ0n) is 22.2. The van der Waals surface area contributed by atoms with Crippen molar-refractivity contribution in [1.29, 1.82) is 5.26 Å². The van der Waals surface area contributed by atoms with E-state index in [1.54, 1.807) is 6.21 Å². The molecule has 0 radical (unpaired) electrons. The highest BCUT2D eigenvalue weighted by Gasteiger charge is 2.58. The molecule has 3 nitrogen and oxygen atoms in total. The lowest BCUT2D eigenvalue weighted by Gasteiger charge is -2.57. The molecule has 2 N–H and O–H groups in total. The molecule has 33 heavy (non-hydrogen) atoms. The Bertz CT molecular complexity index is 802. The van der Waals surface area contributed by atoms with Crippen LogP contribution in [0.5, 0.6) is 0 Å². The minimum atomic E-state index is 0.456. The van der Waals surface area contributed by atoms with Crippen molar-refractivity contribution in [3.05, 3.63) is 23.4 Å². The Morgan fingerprint density at radius 2 is 1.94 bits per heavy atom. The molecule has 0 aromatic heterocycles. The maximum atomic E-state index is 9.05. The summed E-state index contributed by atoms with van der Waals surface area (Å²) in [6.07, 6.45) is 18.2. The Morgan fingerprint density at radius 3 is 2.64 bits per heavy atom. The molecule has 0 heterocycles. The minimum absolute atomic E-state index is 0.456. The van der Waals surface area contributed by atoms with Gasteiger partial charge >= 0.3 is 0 Å². The number of fused-ring (bicyclic) bond motifs is 5. The summed E-state index contributed by atoms with van der Waals surface area (Å²) in [6, 6.07) is 2.09. The Kier molecular flexibility index (Phi) is 8.52. The third-order valence-corrected chi connectivity index (χ3v) is 10.4. The lowest BCUT2D eigenvalue weighted by molar-refractivity contribution is -0.0447. The van der Waals surface area contributed by atoms with Gasteiger partial charge in [-0.3, -0.25) is 4.99 Å². The van der Waals surface area contributed by atoms with Crippen molar-refractivity contribution in [3.63, 3.8) is 0 Å². The fraction of sp³-hybridized carbons (Fsp3) is 0.800. The van der Waals surface area contributed by atoms with E-state index in [4.69, 9.17) is 11.0 Å². The van der Waals surface area contributed by atoms with E-state index < -0.39 is 0 Å². The van der Waals surface area contributed by atoms with Gasteiger partial charge in [-0.25, -0.2) is 0 Å². The summed E-state index contributed by atoms with van der Waals surface area (Å²) < 4.78 is 0. The third kappa shape index (κ3) is 4.82. The maximum Gasteiger partial charge on any atom is 0.102 e. The van der Waals surface area contributed by atoms with Gasteiger partial charge in [0, 0.05) is 19.0 Å². The molecule has 184 valence electrons. The van der Waals surface area contributed by atoms with Crippen molar-refractivity contribution in [2.75, 3.05) is 6.54 Å². The Hall–Kier alpha value is -1.56. The number of nitrogens with two attached hydrogens (primary N) is 1. The lowest BCUT2D eigenvalue weighted by atomic mass is 9.48. The van der Waals surface area contributed by atoms with Crippen LogP contribution in [-0.2, 0) is 0 Å². The number of hydrogen-bond donors (Lipinski definition) is 1. The average Bonchev–Trinajstić information content (AvgIpc) is 3.10. The van der Waals surface area contributed by atoms with Gasteiger partial charge in [-0.2, -0.15) is 5.26 Å². The normalized spacial score (nSPS) is 41.4. The van der Waals surface area contributed by atoms with E-state index in [-0.39, 0.29) is 0 Å². The van der Waals surface area contributed by atoms with Crippen molar-refractivity contribution in [1.82, 2.24) is 0 Å². The number of hydrogen-bond acceptors (Lipinski definition) is 3. The Morgan fingerprint density at radius 1 is 1.18 bits per heavy atom. The molecule has 4 rings (SSSR count). The van der Waals surface area contributed by atoms with Crippen LogP contribution in [0.2, 0.25) is 0 Å². The van der Waals surface area contributed by atoms with Crippen LogP contribution in [0, 0.1) is 57.7 Å². The van der Waals surface area contributed by atoms with E-state index in [9.17, 15) is 0 Å². The fourth-order valence-corrected chi connectivity index (χ4v) is 8.51. The zero-order chi connectivity index (χ0) is 24.2. The first kappa shape index (κ1) is 26.1. The highest BCUT2D eigenvalue weighted by molar-refractivity contribution is 5.83. The predicted molar refractivity (Wildman–Crippen MR) is 141 cm³/mol. The van der Waals surface area contributed by atoms with Crippen LogP contribution < -0.4 is 5.73 Å². The van der Waals surface area contributed by atoms with Crippen molar-refractivity contribution in [3.8, 4) is 6.07 Å². The second kappa shape index (κ2) is 10.8. The first-order valence-electron chi connectivity index (χ1n) is 13.8. The molecule has 0 saturated heterocycles. The van der Waals surface area contributed by atoms with Gasteiger partial charge in [0.1, 0.15) is 6.07 Å². The van der Waals surface area contributed by atoms with Crippen molar-refractivity contribution >= 4 is 6.21 Å². The second-order valence-corrected chi connectivity index (χ2v) is 11.9. The van der Waals surface area contributed by atoms with Gasteiger partial charge in [-0.1, -0.05) is 53.2 Å². The summed E-state index contributed by atoms with van der Waals surface area (Å²) in [7, 11) is 0. The molecule has 8 atom stereocenters. The molecular formula is C30H49N3. The average molecular weight is 452 g/mol. The first-order chi connectivity index (χ1) is 15.8. The van der Waals surface area contributed by atoms with Crippen LogP contribution in [0.25, 0.3) is 0 Å². The zero-order valence-corrected chi connectivity index (χ0v) is 22.2. The molecule has 4 aliphatic rings. The molecule has 0 amide bonds. The summed E-state index contributed by atoms with van der Waals surface area (Å²) in [5.74, 6) is 4.85. The number of allylic oxidation sites excluding steroid dienone is 3. The summed E-state index contributed by atoms with van der Waals surface area (Å²) in [4.78, 5) is 4.59. The summed E-state index contributed by atoms with van der Waals surface area (Å²) >= 11 is 0. The van der Waals surface area contributed by atoms with Crippen LogP contribution in [0.3, 0.4) is 0 Å². The third-order valence-electron chi connectivity index (χ3n) is 10.4. The van der Waals surface area contributed by atoms with Gasteiger partial charge in [0.05, 0.1) is 5.57 Å².